The molecule has 0 unspecified atom stereocenters. The Balaban J connectivity index is 1.09. The molecule has 20 heteroatoms. The fourth-order valence-electron chi connectivity index (χ4n) is 7.98. The van der Waals surface area contributed by atoms with Crippen molar-refractivity contribution in [3.05, 3.63) is 113 Å². The second-order valence-electron chi connectivity index (χ2n) is 17.7. The highest BCUT2D eigenvalue weighted by Crippen LogP contribution is 2.33. The number of aromatic nitrogens is 1. The van der Waals surface area contributed by atoms with Crippen LogP contribution in [0.2, 0.25) is 0 Å². The van der Waals surface area contributed by atoms with Crippen LogP contribution in [0.1, 0.15) is 62.5 Å². The number of morpholine rings is 1. The Labute approximate surface area is 433 Å². The molecule has 1 aliphatic heterocycles. The van der Waals surface area contributed by atoms with Gasteiger partial charge >= 0.3 is 6.18 Å². The maximum atomic E-state index is 13.9. The van der Waals surface area contributed by atoms with Crippen LogP contribution in [-0.2, 0) is 41.2 Å². The lowest BCUT2D eigenvalue weighted by molar-refractivity contribution is -0.137. The number of hydrogen-bond donors (Lipinski definition) is 2. The zero-order valence-corrected chi connectivity index (χ0v) is 43.4. The number of carbonyl (C=O) groups is 4. The topological polar surface area (TPSA) is 168 Å². The highest BCUT2D eigenvalue weighted by Gasteiger charge is 2.30. The fourth-order valence-corrected chi connectivity index (χ4v) is 7.98. The molecule has 3 aromatic carbocycles. The van der Waals surface area contributed by atoms with E-state index in [0.29, 0.717) is 127 Å². The van der Waals surface area contributed by atoms with E-state index in [0.717, 1.165) is 50.7 Å². The first-order valence-corrected chi connectivity index (χ1v) is 25.2. The van der Waals surface area contributed by atoms with Gasteiger partial charge in [0.15, 0.2) is 0 Å². The number of benzene rings is 3. The summed E-state index contributed by atoms with van der Waals surface area (Å²) in [4.78, 5) is 67.9. The van der Waals surface area contributed by atoms with E-state index >= 15 is 0 Å². The van der Waals surface area contributed by atoms with E-state index in [4.69, 9.17) is 23.7 Å². The number of carbonyl (C=O) groups excluding carboxylic acids is 4. The van der Waals surface area contributed by atoms with E-state index in [9.17, 15) is 32.3 Å². The van der Waals surface area contributed by atoms with Gasteiger partial charge in [-0.2, -0.15) is 13.2 Å². The third kappa shape index (κ3) is 19.4. The van der Waals surface area contributed by atoms with Gasteiger partial charge in [-0.3, -0.25) is 34.0 Å². The van der Waals surface area contributed by atoms with Gasteiger partial charge < -0.3 is 49.0 Å². The van der Waals surface area contributed by atoms with Crippen LogP contribution >= 0.6 is 0 Å². The van der Waals surface area contributed by atoms with Crippen LogP contribution in [-0.4, -0.2) is 194 Å². The summed E-state index contributed by atoms with van der Waals surface area (Å²) in [6, 6.07) is 19.8. The molecule has 0 saturated carbocycles. The molecule has 0 aliphatic carbocycles. The molecule has 0 atom stereocenters. The van der Waals surface area contributed by atoms with Crippen LogP contribution < -0.4 is 15.5 Å². The molecule has 1 saturated heterocycles. The molecule has 17 nitrogen and oxygen atoms in total. The molecule has 0 spiro atoms. The predicted octanol–water partition coefficient (Wildman–Crippen LogP) is 6.05. The smallest absolute Gasteiger partial charge is 0.383 e. The number of ether oxygens (including phenoxy) is 5. The van der Waals surface area contributed by atoms with Gasteiger partial charge in [0, 0.05) is 127 Å². The molecule has 0 bridgehead atoms. The van der Waals surface area contributed by atoms with Gasteiger partial charge in [-0.1, -0.05) is 18.2 Å². The number of nitrogens with one attached hydrogen (secondary N) is 2. The highest BCUT2D eigenvalue weighted by atomic mass is 19.4. The molecule has 4 aromatic rings. The van der Waals surface area contributed by atoms with E-state index in [-0.39, 0.29) is 29.5 Å². The third-order valence-electron chi connectivity index (χ3n) is 12.5. The first-order valence-electron chi connectivity index (χ1n) is 25.2. The van der Waals surface area contributed by atoms with Crippen molar-refractivity contribution in [3.8, 4) is 11.3 Å². The van der Waals surface area contributed by atoms with Crippen LogP contribution in [0.25, 0.3) is 11.3 Å². The van der Waals surface area contributed by atoms with Gasteiger partial charge in [-0.15, -0.1) is 0 Å². The minimum absolute atomic E-state index is 0.0528. The third-order valence-corrected chi connectivity index (χ3v) is 12.5. The van der Waals surface area contributed by atoms with Gasteiger partial charge in [-0.25, -0.2) is 0 Å². The predicted molar refractivity (Wildman–Crippen MR) is 277 cm³/mol. The van der Waals surface area contributed by atoms with Gasteiger partial charge in [0.1, 0.15) is 0 Å². The summed E-state index contributed by atoms with van der Waals surface area (Å²) in [6.45, 7) is 15.1. The Morgan fingerprint density at radius 2 is 1.39 bits per heavy atom. The summed E-state index contributed by atoms with van der Waals surface area (Å²) in [5, 5.41) is 5.68. The van der Waals surface area contributed by atoms with E-state index in [1.807, 2.05) is 33.0 Å². The lowest BCUT2D eigenvalue weighted by Gasteiger charge is -2.28. The minimum Gasteiger partial charge on any atom is -0.383 e. The normalized spacial score (nSPS) is 12.9. The van der Waals surface area contributed by atoms with Crippen molar-refractivity contribution in [2.75, 3.05) is 156 Å². The Bertz CT molecular complexity index is 2390. The van der Waals surface area contributed by atoms with Crippen molar-refractivity contribution in [2.24, 2.45) is 0 Å². The summed E-state index contributed by atoms with van der Waals surface area (Å²) in [5.74, 6) is -1.20. The Hall–Kier alpha value is -6.00. The summed E-state index contributed by atoms with van der Waals surface area (Å²) in [7, 11) is 5.16. The second-order valence-corrected chi connectivity index (χ2v) is 17.7. The number of likely N-dealkylation sites (N-methyl/N-ethyl adjacent to an activating group) is 2. The van der Waals surface area contributed by atoms with Crippen molar-refractivity contribution in [1.82, 2.24) is 29.9 Å². The Morgan fingerprint density at radius 1 is 0.716 bits per heavy atom. The number of rotatable bonds is 31. The molecular weight excluding hydrogens is 962 g/mol. The number of amides is 4. The number of anilines is 2. The average molecular weight is 1040 g/mol. The Kier molecular flexibility index (Phi) is 24.7. The highest BCUT2D eigenvalue weighted by molar-refractivity contribution is 6.08. The van der Waals surface area contributed by atoms with Crippen LogP contribution in [0.5, 0.6) is 0 Å². The van der Waals surface area contributed by atoms with Gasteiger partial charge in [0.25, 0.3) is 17.7 Å². The molecule has 4 amide bonds. The summed E-state index contributed by atoms with van der Waals surface area (Å²) in [5.41, 5.74) is 2.46. The number of hydrogen-bond acceptors (Lipinski definition) is 13. The van der Waals surface area contributed by atoms with Crippen molar-refractivity contribution < 1.29 is 56.0 Å². The van der Waals surface area contributed by atoms with E-state index < -0.39 is 23.6 Å². The van der Waals surface area contributed by atoms with Gasteiger partial charge in [0.2, 0.25) is 5.91 Å². The minimum atomic E-state index is -4.51. The molecule has 1 aromatic heterocycles. The maximum absolute atomic E-state index is 13.9. The SMILES string of the molecule is CCN(CC)c1ccc(NC(=O)c2cccc(C(=O)N(C)CCN(CCOC)CCOCCOCCOCCC(=O)N(C)CCN3CCOCC3)c2)c(-c2cc(C(=O)NCc3cccc(C(F)(F)F)c3)ccn2)c1. The number of methoxy groups -OCH3 is 1. The quantitative estimate of drug-likeness (QED) is 0.0561. The number of nitrogens with zero attached hydrogens (tertiary/aromatic N) is 6. The van der Waals surface area contributed by atoms with Crippen LogP contribution in [0.4, 0.5) is 24.5 Å². The molecule has 5 rings (SSSR count). The lowest BCUT2D eigenvalue weighted by atomic mass is 10.0. The van der Waals surface area contributed by atoms with Crippen molar-refractivity contribution in [2.45, 2.75) is 33.0 Å². The van der Waals surface area contributed by atoms with Crippen molar-refractivity contribution in [1.29, 1.82) is 0 Å². The fraction of sp³-hybridized carbons (Fsp3) is 0.500. The molecule has 404 valence electrons. The molecule has 2 heterocycles. The summed E-state index contributed by atoms with van der Waals surface area (Å²) >= 11 is 0. The molecule has 0 radical (unpaired) electrons. The first-order chi connectivity index (χ1) is 35.7. The zero-order valence-electron chi connectivity index (χ0n) is 43.4. The largest absolute Gasteiger partial charge is 0.416 e. The maximum Gasteiger partial charge on any atom is 0.416 e. The number of alkyl halides is 3. The van der Waals surface area contributed by atoms with Crippen LogP contribution in [0.3, 0.4) is 0 Å². The Morgan fingerprint density at radius 3 is 2.11 bits per heavy atom. The standard InChI is InChI=1S/C54H73F3N8O9/c1-6-65(7-2)46-14-15-48(47(39-46)49-38-43(16-18-58-49)51(67)59-40-41-10-8-13-45(36-41)54(55,56)57)60-52(68)42-11-9-12-44(37-42)53(69)62(4)20-22-63(23-28-70-5)26-31-73-33-35-74-34-32-71-27-17-50(66)61(3)19-21-64-24-29-72-30-25-64/h8-16,18,36-39H,6-7,17,19-35,40H2,1-5H3,(H,59,67)(H,60,68). The number of pyridine rings is 1. The lowest BCUT2D eigenvalue weighted by Crippen LogP contribution is -2.42. The van der Waals surface area contributed by atoms with E-state index in [1.54, 1.807) is 60.4 Å². The second kappa shape index (κ2) is 31.0. The van der Waals surface area contributed by atoms with Crippen molar-refractivity contribution >= 4 is 35.0 Å². The van der Waals surface area contributed by atoms with Crippen LogP contribution in [0.15, 0.2) is 85.1 Å². The molecule has 1 aliphatic rings. The number of halogens is 3. The first kappa shape index (κ1) is 58.9. The van der Waals surface area contributed by atoms with E-state index in [1.165, 1.54) is 24.4 Å². The molecular formula is C54H73F3N8O9. The molecule has 1 fully saturated rings. The summed E-state index contributed by atoms with van der Waals surface area (Å²) in [6.07, 6.45) is -2.73. The average Bonchev–Trinajstić information content (AvgIpc) is 3.41. The van der Waals surface area contributed by atoms with Crippen LogP contribution in [0, 0.1) is 0 Å². The zero-order chi connectivity index (χ0) is 53.3. The van der Waals surface area contributed by atoms with E-state index in [2.05, 4.69) is 30.3 Å². The monoisotopic (exact) mass is 1030 g/mol. The van der Waals surface area contributed by atoms with Gasteiger partial charge in [0.05, 0.1) is 82.8 Å². The molecule has 2 N–H and O–H groups in total. The van der Waals surface area contributed by atoms with Gasteiger partial charge in [-0.05, 0) is 80.1 Å². The summed E-state index contributed by atoms with van der Waals surface area (Å²) < 4.78 is 67.7. The molecule has 74 heavy (non-hydrogen) atoms. The van der Waals surface area contributed by atoms with Crippen molar-refractivity contribution in [3.63, 3.8) is 0 Å².